The fraction of sp³-hybridized carbons (Fsp3) is 0.417. The summed E-state index contributed by atoms with van der Waals surface area (Å²) in [5.74, 6) is -1.06. The number of carboxylic acid groups (broad SMARTS) is 1. The molecule has 0 aliphatic carbocycles. The van der Waals surface area contributed by atoms with Crippen molar-refractivity contribution in [3.05, 3.63) is 24.3 Å². The minimum Gasteiger partial charge on any atom is -0.497 e. The first-order valence-corrected chi connectivity index (χ1v) is 7.44. The topological polar surface area (TPSA) is 89.9 Å². The lowest BCUT2D eigenvalue weighted by Crippen LogP contribution is -2.19. The fourth-order valence-corrected chi connectivity index (χ4v) is 2.48. The van der Waals surface area contributed by atoms with Crippen molar-refractivity contribution in [1.82, 2.24) is 0 Å². The molecule has 1 N–H and O–H groups in total. The molecule has 0 aliphatic rings. The van der Waals surface area contributed by atoms with Gasteiger partial charge in [-0.15, -0.1) is 0 Å². The SMILES string of the molecule is COc1ccc(OCCCS(=O)(=O)CC(=O)O)cc1. The number of hydrogen-bond acceptors (Lipinski definition) is 5. The van der Waals surface area contributed by atoms with E-state index < -0.39 is 21.6 Å². The molecule has 0 saturated heterocycles. The highest BCUT2D eigenvalue weighted by Crippen LogP contribution is 2.17. The summed E-state index contributed by atoms with van der Waals surface area (Å²) < 4.78 is 32.9. The van der Waals surface area contributed by atoms with Crippen molar-refractivity contribution in [3.8, 4) is 11.5 Å². The smallest absolute Gasteiger partial charge is 0.318 e. The molecule has 0 amide bonds. The second-order valence-electron chi connectivity index (χ2n) is 3.86. The van der Waals surface area contributed by atoms with Gasteiger partial charge in [-0.1, -0.05) is 0 Å². The lowest BCUT2D eigenvalue weighted by Gasteiger charge is -2.07. The standard InChI is InChI=1S/C12H16O6S/c1-17-10-3-5-11(6-4-10)18-7-2-8-19(15,16)9-12(13)14/h3-6H,2,7-9H2,1H3,(H,13,14). The van der Waals surface area contributed by atoms with Crippen LogP contribution in [0.15, 0.2) is 24.3 Å². The zero-order valence-electron chi connectivity index (χ0n) is 10.5. The van der Waals surface area contributed by atoms with E-state index in [-0.39, 0.29) is 18.8 Å². The summed E-state index contributed by atoms with van der Waals surface area (Å²) >= 11 is 0. The Balaban J connectivity index is 2.32. The molecule has 0 bridgehead atoms. The molecule has 1 aromatic carbocycles. The van der Waals surface area contributed by atoms with Gasteiger partial charge < -0.3 is 14.6 Å². The van der Waals surface area contributed by atoms with Crippen LogP contribution in [0.2, 0.25) is 0 Å². The summed E-state index contributed by atoms with van der Waals surface area (Å²) in [5, 5.41) is 8.41. The molecule has 0 spiro atoms. The maximum Gasteiger partial charge on any atom is 0.318 e. The van der Waals surface area contributed by atoms with Crippen molar-refractivity contribution in [3.63, 3.8) is 0 Å². The van der Waals surface area contributed by atoms with Crippen molar-refractivity contribution in [2.75, 3.05) is 25.2 Å². The molecule has 1 rings (SSSR count). The van der Waals surface area contributed by atoms with Gasteiger partial charge in [0.1, 0.15) is 17.3 Å². The summed E-state index contributed by atoms with van der Waals surface area (Å²) in [5.41, 5.74) is 0. The van der Waals surface area contributed by atoms with Crippen LogP contribution in [0.4, 0.5) is 0 Å². The Kier molecular flexibility index (Phi) is 5.62. The zero-order valence-corrected chi connectivity index (χ0v) is 11.4. The average Bonchev–Trinajstić information content (AvgIpc) is 2.34. The van der Waals surface area contributed by atoms with Crippen LogP contribution in [0.3, 0.4) is 0 Å². The number of ether oxygens (including phenoxy) is 2. The maximum absolute atomic E-state index is 11.3. The highest BCUT2D eigenvalue weighted by Gasteiger charge is 2.15. The van der Waals surface area contributed by atoms with Crippen LogP contribution in [0.5, 0.6) is 11.5 Å². The molecule has 0 unspecified atom stereocenters. The molecule has 6 nitrogen and oxygen atoms in total. The van der Waals surface area contributed by atoms with Gasteiger partial charge in [0.2, 0.25) is 0 Å². The normalized spacial score (nSPS) is 11.0. The number of carbonyl (C=O) groups is 1. The number of carboxylic acids is 1. The van der Waals surface area contributed by atoms with Gasteiger partial charge in [0.15, 0.2) is 9.84 Å². The molecule has 0 heterocycles. The van der Waals surface area contributed by atoms with E-state index in [1.165, 1.54) is 0 Å². The van der Waals surface area contributed by atoms with Crippen molar-refractivity contribution < 1.29 is 27.8 Å². The summed E-state index contributed by atoms with van der Waals surface area (Å²) in [6, 6.07) is 6.89. The Hall–Kier alpha value is -1.76. The number of aliphatic carboxylic acids is 1. The Morgan fingerprint density at radius 1 is 1.21 bits per heavy atom. The zero-order chi connectivity index (χ0) is 14.3. The molecular formula is C12H16O6S. The quantitative estimate of drug-likeness (QED) is 0.717. The average molecular weight is 288 g/mol. The van der Waals surface area contributed by atoms with Gasteiger partial charge in [-0.2, -0.15) is 0 Å². The Morgan fingerprint density at radius 3 is 2.32 bits per heavy atom. The van der Waals surface area contributed by atoms with Crippen LogP contribution in [0, 0.1) is 0 Å². The van der Waals surface area contributed by atoms with E-state index in [1.807, 2.05) is 0 Å². The summed E-state index contributed by atoms with van der Waals surface area (Å²) in [4.78, 5) is 10.3. The highest BCUT2D eigenvalue weighted by atomic mass is 32.2. The molecule has 0 atom stereocenters. The van der Waals surface area contributed by atoms with Gasteiger partial charge >= 0.3 is 5.97 Å². The van der Waals surface area contributed by atoms with E-state index in [0.29, 0.717) is 11.5 Å². The van der Waals surface area contributed by atoms with E-state index in [2.05, 4.69) is 0 Å². The minimum atomic E-state index is -3.55. The minimum absolute atomic E-state index is 0.199. The van der Waals surface area contributed by atoms with Gasteiger partial charge in [0, 0.05) is 0 Å². The maximum atomic E-state index is 11.3. The number of benzene rings is 1. The first kappa shape index (κ1) is 15.3. The molecule has 0 aromatic heterocycles. The molecule has 0 saturated carbocycles. The summed E-state index contributed by atoms with van der Waals surface area (Å²) in [6.07, 6.45) is 0.252. The summed E-state index contributed by atoms with van der Waals surface area (Å²) in [6.45, 7) is 0.213. The Morgan fingerprint density at radius 2 is 1.79 bits per heavy atom. The van der Waals surface area contributed by atoms with Gasteiger partial charge in [0.05, 0.1) is 19.5 Å². The van der Waals surface area contributed by atoms with Crippen LogP contribution in [-0.4, -0.2) is 44.7 Å². The van der Waals surface area contributed by atoms with E-state index in [1.54, 1.807) is 31.4 Å². The molecule has 106 valence electrons. The van der Waals surface area contributed by atoms with Crippen LogP contribution < -0.4 is 9.47 Å². The van der Waals surface area contributed by atoms with Crippen molar-refractivity contribution in [2.45, 2.75) is 6.42 Å². The second-order valence-corrected chi connectivity index (χ2v) is 6.05. The van der Waals surface area contributed by atoms with Gasteiger partial charge in [-0.05, 0) is 30.7 Å². The number of methoxy groups -OCH3 is 1. The van der Waals surface area contributed by atoms with Crippen molar-refractivity contribution in [1.29, 1.82) is 0 Å². The van der Waals surface area contributed by atoms with E-state index in [0.717, 1.165) is 0 Å². The van der Waals surface area contributed by atoms with Crippen molar-refractivity contribution in [2.24, 2.45) is 0 Å². The lowest BCUT2D eigenvalue weighted by atomic mass is 10.3. The molecule has 0 radical (unpaired) electrons. The predicted octanol–water partition coefficient (Wildman–Crippen LogP) is 0.964. The molecule has 19 heavy (non-hydrogen) atoms. The second kappa shape index (κ2) is 6.98. The third-order valence-electron chi connectivity index (χ3n) is 2.27. The number of hydrogen-bond donors (Lipinski definition) is 1. The largest absolute Gasteiger partial charge is 0.497 e. The Labute approximate surface area is 111 Å². The van der Waals surface area contributed by atoms with Crippen LogP contribution in [0.1, 0.15) is 6.42 Å². The lowest BCUT2D eigenvalue weighted by molar-refractivity contribution is -0.134. The third kappa shape index (κ3) is 6.10. The third-order valence-corrected chi connectivity index (χ3v) is 3.87. The summed E-state index contributed by atoms with van der Waals surface area (Å²) in [7, 11) is -1.99. The number of sulfone groups is 1. The fourth-order valence-electron chi connectivity index (χ4n) is 1.40. The van der Waals surface area contributed by atoms with Crippen LogP contribution in [0.25, 0.3) is 0 Å². The number of rotatable bonds is 8. The van der Waals surface area contributed by atoms with Crippen molar-refractivity contribution >= 4 is 15.8 Å². The monoisotopic (exact) mass is 288 g/mol. The first-order valence-electron chi connectivity index (χ1n) is 5.62. The molecule has 0 fully saturated rings. The van der Waals surface area contributed by atoms with Gasteiger partial charge in [-0.3, -0.25) is 4.79 Å². The van der Waals surface area contributed by atoms with E-state index in [4.69, 9.17) is 14.6 Å². The van der Waals surface area contributed by atoms with Gasteiger partial charge in [0.25, 0.3) is 0 Å². The van der Waals surface area contributed by atoms with E-state index >= 15 is 0 Å². The molecule has 7 heteroatoms. The highest BCUT2D eigenvalue weighted by molar-refractivity contribution is 7.92. The Bertz CT molecular complexity index is 506. The molecular weight excluding hydrogens is 272 g/mol. The van der Waals surface area contributed by atoms with Crippen LogP contribution in [-0.2, 0) is 14.6 Å². The first-order chi connectivity index (χ1) is 8.93. The molecule has 1 aromatic rings. The van der Waals surface area contributed by atoms with Gasteiger partial charge in [-0.25, -0.2) is 8.42 Å². The molecule has 0 aliphatic heterocycles. The predicted molar refractivity (Wildman–Crippen MR) is 69.4 cm³/mol. The van der Waals surface area contributed by atoms with E-state index in [9.17, 15) is 13.2 Å². The van der Waals surface area contributed by atoms with Crippen LogP contribution >= 0.6 is 0 Å².